The van der Waals surface area contributed by atoms with Crippen LogP contribution < -0.4 is 5.32 Å². The van der Waals surface area contributed by atoms with Crippen molar-refractivity contribution in [2.24, 2.45) is 0 Å². The fourth-order valence-electron chi connectivity index (χ4n) is 1.72. The molecular weight excluding hydrogens is 268 g/mol. The van der Waals surface area contributed by atoms with Crippen LogP contribution >= 0.6 is 11.6 Å². The molecule has 0 bridgehead atoms. The van der Waals surface area contributed by atoms with E-state index in [0.717, 1.165) is 11.3 Å². The van der Waals surface area contributed by atoms with Gasteiger partial charge in [0.2, 0.25) is 0 Å². The standard InChI is InChI=1S/C13H13ClN2O3/c1-9(13-3-2-6-19-13)15-8-10-4-5-11(14)12(7-10)16(17)18/h2-7,9,15H,8H2,1H3. The molecule has 2 rings (SSSR count). The largest absolute Gasteiger partial charge is 0.468 e. The van der Waals surface area contributed by atoms with Gasteiger partial charge < -0.3 is 9.73 Å². The maximum Gasteiger partial charge on any atom is 0.288 e. The zero-order valence-electron chi connectivity index (χ0n) is 10.3. The molecule has 0 amide bonds. The third kappa shape index (κ3) is 3.33. The van der Waals surface area contributed by atoms with E-state index in [0.29, 0.717) is 6.54 Å². The second-order valence-corrected chi connectivity index (χ2v) is 4.57. The van der Waals surface area contributed by atoms with Crippen LogP contribution in [-0.2, 0) is 6.54 Å². The van der Waals surface area contributed by atoms with Crippen LogP contribution in [0.5, 0.6) is 0 Å². The number of nitro benzene ring substituents is 1. The number of furan rings is 1. The zero-order chi connectivity index (χ0) is 13.8. The number of hydrogen-bond acceptors (Lipinski definition) is 4. The predicted molar refractivity (Wildman–Crippen MR) is 72.1 cm³/mol. The lowest BCUT2D eigenvalue weighted by Gasteiger charge is -2.11. The summed E-state index contributed by atoms with van der Waals surface area (Å²) < 4.78 is 5.27. The van der Waals surface area contributed by atoms with E-state index >= 15 is 0 Å². The summed E-state index contributed by atoms with van der Waals surface area (Å²) in [6.45, 7) is 2.46. The van der Waals surface area contributed by atoms with Crippen molar-refractivity contribution in [2.75, 3.05) is 0 Å². The van der Waals surface area contributed by atoms with Crippen molar-refractivity contribution >= 4 is 17.3 Å². The second-order valence-electron chi connectivity index (χ2n) is 4.16. The molecule has 1 aromatic heterocycles. The quantitative estimate of drug-likeness (QED) is 0.670. The van der Waals surface area contributed by atoms with Gasteiger partial charge in [-0.2, -0.15) is 0 Å². The fraction of sp³-hybridized carbons (Fsp3) is 0.231. The zero-order valence-corrected chi connectivity index (χ0v) is 11.1. The van der Waals surface area contributed by atoms with Gasteiger partial charge in [0.1, 0.15) is 10.8 Å². The minimum atomic E-state index is -0.484. The van der Waals surface area contributed by atoms with Crippen LogP contribution in [0.15, 0.2) is 41.0 Å². The number of nitro groups is 1. The van der Waals surface area contributed by atoms with Crippen molar-refractivity contribution in [3.8, 4) is 0 Å². The molecule has 0 fully saturated rings. The van der Waals surface area contributed by atoms with Crippen LogP contribution in [0.1, 0.15) is 24.3 Å². The summed E-state index contributed by atoms with van der Waals surface area (Å²) in [5.74, 6) is 0.823. The molecule has 1 N–H and O–H groups in total. The first-order valence-electron chi connectivity index (χ1n) is 5.77. The molecule has 0 radical (unpaired) electrons. The Balaban J connectivity index is 2.04. The van der Waals surface area contributed by atoms with E-state index in [1.54, 1.807) is 12.3 Å². The summed E-state index contributed by atoms with van der Waals surface area (Å²) >= 11 is 5.76. The highest BCUT2D eigenvalue weighted by Gasteiger charge is 2.13. The van der Waals surface area contributed by atoms with E-state index < -0.39 is 4.92 Å². The van der Waals surface area contributed by atoms with Gasteiger partial charge in [0.05, 0.1) is 17.2 Å². The molecule has 19 heavy (non-hydrogen) atoms. The first kappa shape index (κ1) is 13.6. The van der Waals surface area contributed by atoms with Gasteiger partial charge in [-0.3, -0.25) is 10.1 Å². The average Bonchev–Trinajstić information content (AvgIpc) is 2.91. The fourth-order valence-corrected chi connectivity index (χ4v) is 1.90. The van der Waals surface area contributed by atoms with Crippen molar-refractivity contribution in [3.05, 3.63) is 63.1 Å². The Hall–Kier alpha value is -1.85. The molecule has 1 unspecified atom stereocenters. The lowest BCUT2D eigenvalue weighted by Crippen LogP contribution is -2.17. The molecule has 2 aromatic rings. The van der Waals surface area contributed by atoms with Gasteiger partial charge in [0.15, 0.2) is 0 Å². The summed E-state index contributed by atoms with van der Waals surface area (Å²) in [6, 6.07) is 8.50. The maximum atomic E-state index is 10.8. The minimum absolute atomic E-state index is 0.0322. The van der Waals surface area contributed by atoms with Crippen LogP contribution in [0, 0.1) is 10.1 Å². The predicted octanol–water partition coefficient (Wildman–Crippen LogP) is 3.69. The molecule has 0 saturated heterocycles. The molecule has 100 valence electrons. The molecule has 5 nitrogen and oxygen atoms in total. The Morgan fingerprint density at radius 3 is 2.89 bits per heavy atom. The highest BCUT2D eigenvalue weighted by atomic mass is 35.5. The molecule has 1 heterocycles. The van der Waals surface area contributed by atoms with E-state index in [4.69, 9.17) is 16.0 Å². The van der Waals surface area contributed by atoms with Crippen molar-refractivity contribution in [1.82, 2.24) is 5.32 Å². The topological polar surface area (TPSA) is 68.3 Å². The van der Waals surface area contributed by atoms with Crippen molar-refractivity contribution in [3.63, 3.8) is 0 Å². The summed E-state index contributed by atoms with van der Waals surface area (Å²) in [5.41, 5.74) is 0.723. The number of hydrogen-bond donors (Lipinski definition) is 1. The number of nitrogens with one attached hydrogen (secondary N) is 1. The molecule has 0 aliphatic heterocycles. The van der Waals surface area contributed by atoms with Crippen molar-refractivity contribution in [1.29, 1.82) is 0 Å². The summed E-state index contributed by atoms with van der Waals surface area (Å²) in [7, 11) is 0. The molecule has 1 aromatic carbocycles. The molecule has 0 aliphatic carbocycles. The summed E-state index contributed by atoms with van der Waals surface area (Å²) in [5, 5.41) is 14.2. The highest BCUT2D eigenvalue weighted by molar-refractivity contribution is 6.32. The van der Waals surface area contributed by atoms with Gasteiger partial charge in [0.25, 0.3) is 5.69 Å². The molecule has 0 saturated carbocycles. The molecule has 0 spiro atoms. The van der Waals surface area contributed by atoms with Gasteiger partial charge in [-0.25, -0.2) is 0 Å². The van der Waals surface area contributed by atoms with Gasteiger partial charge in [-0.1, -0.05) is 17.7 Å². The summed E-state index contributed by atoms with van der Waals surface area (Å²) in [4.78, 5) is 10.3. The van der Waals surface area contributed by atoms with Crippen LogP contribution in [0.3, 0.4) is 0 Å². The molecule has 0 aliphatic rings. The number of rotatable bonds is 5. The van der Waals surface area contributed by atoms with E-state index in [-0.39, 0.29) is 16.8 Å². The smallest absolute Gasteiger partial charge is 0.288 e. The highest BCUT2D eigenvalue weighted by Crippen LogP contribution is 2.25. The molecule has 6 heteroatoms. The average molecular weight is 281 g/mol. The second kappa shape index (κ2) is 5.86. The van der Waals surface area contributed by atoms with Crippen LogP contribution in [0.4, 0.5) is 5.69 Å². The monoisotopic (exact) mass is 280 g/mol. The van der Waals surface area contributed by atoms with E-state index in [9.17, 15) is 10.1 Å². The van der Waals surface area contributed by atoms with Crippen LogP contribution in [0.2, 0.25) is 5.02 Å². The lowest BCUT2D eigenvalue weighted by molar-refractivity contribution is -0.384. The number of benzene rings is 1. The minimum Gasteiger partial charge on any atom is -0.468 e. The first-order chi connectivity index (χ1) is 9.08. The number of nitrogens with zero attached hydrogens (tertiary/aromatic N) is 1. The van der Waals surface area contributed by atoms with E-state index in [2.05, 4.69) is 5.32 Å². The Labute approximate surface area is 115 Å². The van der Waals surface area contributed by atoms with Gasteiger partial charge in [-0.05, 0) is 30.7 Å². The number of halogens is 1. The SMILES string of the molecule is CC(NCc1ccc(Cl)c([N+](=O)[O-])c1)c1ccco1. The van der Waals surface area contributed by atoms with Crippen LogP contribution in [0.25, 0.3) is 0 Å². The molecule has 1 atom stereocenters. The Kier molecular flexibility index (Phi) is 4.19. The van der Waals surface area contributed by atoms with Gasteiger partial charge in [0, 0.05) is 12.6 Å². The van der Waals surface area contributed by atoms with Gasteiger partial charge >= 0.3 is 0 Å². The Bertz CT molecular complexity index is 569. The van der Waals surface area contributed by atoms with E-state index in [1.807, 2.05) is 19.1 Å². The molecular formula is C13H13ClN2O3. The lowest BCUT2D eigenvalue weighted by atomic mass is 10.2. The third-order valence-electron chi connectivity index (χ3n) is 2.79. The summed E-state index contributed by atoms with van der Waals surface area (Å²) in [6.07, 6.45) is 1.61. The first-order valence-corrected chi connectivity index (χ1v) is 6.15. The maximum absolute atomic E-state index is 10.8. The Morgan fingerprint density at radius 1 is 1.47 bits per heavy atom. The van der Waals surface area contributed by atoms with E-state index in [1.165, 1.54) is 12.1 Å². The Morgan fingerprint density at radius 2 is 2.26 bits per heavy atom. The normalized spacial score (nSPS) is 12.3. The van der Waals surface area contributed by atoms with Crippen molar-refractivity contribution < 1.29 is 9.34 Å². The van der Waals surface area contributed by atoms with Crippen molar-refractivity contribution in [2.45, 2.75) is 19.5 Å². The van der Waals surface area contributed by atoms with Crippen LogP contribution in [-0.4, -0.2) is 4.92 Å². The van der Waals surface area contributed by atoms with Gasteiger partial charge in [-0.15, -0.1) is 0 Å². The third-order valence-corrected chi connectivity index (χ3v) is 3.11.